The lowest BCUT2D eigenvalue weighted by atomic mass is 10.1. The fraction of sp³-hybridized carbons (Fsp3) is 0.167. The van der Waals surface area contributed by atoms with Gasteiger partial charge in [-0.15, -0.1) is 0 Å². The molecule has 0 aliphatic rings. The third-order valence-corrected chi connectivity index (χ3v) is 3.59. The number of benzene rings is 2. The first-order valence-electron chi connectivity index (χ1n) is 7.22. The van der Waals surface area contributed by atoms with Crippen molar-refractivity contribution in [2.24, 2.45) is 0 Å². The van der Waals surface area contributed by atoms with E-state index in [1.807, 2.05) is 48.7 Å². The number of fused-ring (bicyclic) bond motifs is 1. The van der Waals surface area contributed by atoms with Crippen molar-refractivity contribution in [3.05, 3.63) is 71.9 Å². The standard InChI is InChI=1S/C18H18N2O/c21-18(16-8-9-17-15(13-16)10-12-19-17)20-11-4-7-14-5-2-1-3-6-14/h1-3,5-6,8-10,12-13,19H,4,7,11H2,(H,20,21). The van der Waals surface area contributed by atoms with Crippen LogP contribution in [0.4, 0.5) is 0 Å². The lowest BCUT2D eigenvalue weighted by Crippen LogP contribution is -2.24. The molecule has 0 aliphatic carbocycles. The monoisotopic (exact) mass is 278 g/mol. The molecule has 3 nitrogen and oxygen atoms in total. The molecule has 0 aliphatic heterocycles. The van der Waals surface area contributed by atoms with E-state index < -0.39 is 0 Å². The fourth-order valence-electron chi connectivity index (χ4n) is 2.44. The molecule has 1 heterocycles. The second kappa shape index (κ2) is 6.27. The van der Waals surface area contributed by atoms with Crippen molar-refractivity contribution in [2.75, 3.05) is 6.54 Å². The van der Waals surface area contributed by atoms with E-state index in [-0.39, 0.29) is 5.91 Å². The summed E-state index contributed by atoms with van der Waals surface area (Å²) in [5.74, 6) is -0.00818. The summed E-state index contributed by atoms with van der Waals surface area (Å²) in [6.07, 6.45) is 3.81. The lowest BCUT2D eigenvalue weighted by molar-refractivity contribution is 0.0953. The highest BCUT2D eigenvalue weighted by atomic mass is 16.1. The van der Waals surface area contributed by atoms with Crippen LogP contribution in [-0.2, 0) is 6.42 Å². The average Bonchev–Trinajstić information content (AvgIpc) is 3.00. The van der Waals surface area contributed by atoms with Crippen molar-refractivity contribution < 1.29 is 4.79 Å². The summed E-state index contributed by atoms with van der Waals surface area (Å²) in [6.45, 7) is 0.693. The summed E-state index contributed by atoms with van der Waals surface area (Å²) in [5.41, 5.74) is 3.07. The number of hydrogen-bond donors (Lipinski definition) is 2. The number of aryl methyl sites for hydroxylation is 1. The first-order valence-corrected chi connectivity index (χ1v) is 7.22. The van der Waals surface area contributed by atoms with Crippen LogP contribution in [0.25, 0.3) is 10.9 Å². The molecule has 21 heavy (non-hydrogen) atoms. The Kier molecular flexibility index (Phi) is 4.01. The lowest BCUT2D eigenvalue weighted by Gasteiger charge is -2.05. The van der Waals surface area contributed by atoms with Gasteiger partial charge in [0.05, 0.1) is 0 Å². The van der Waals surface area contributed by atoms with Crippen LogP contribution >= 0.6 is 0 Å². The second-order valence-corrected chi connectivity index (χ2v) is 5.12. The van der Waals surface area contributed by atoms with E-state index >= 15 is 0 Å². The van der Waals surface area contributed by atoms with Crippen molar-refractivity contribution in [1.82, 2.24) is 10.3 Å². The minimum Gasteiger partial charge on any atom is -0.361 e. The van der Waals surface area contributed by atoms with Gasteiger partial charge in [0.25, 0.3) is 5.91 Å². The van der Waals surface area contributed by atoms with Gasteiger partial charge < -0.3 is 10.3 Å². The van der Waals surface area contributed by atoms with Gasteiger partial charge >= 0.3 is 0 Å². The highest BCUT2D eigenvalue weighted by Crippen LogP contribution is 2.14. The summed E-state index contributed by atoms with van der Waals surface area (Å²) in [4.78, 5) is 15.2. The SMILES string of the molecule is O=C(NCCCc1ccccc1)c1ccc2[nH]ccc2c1. The smallest absolute Gasteiger partial charge is 0.251 e. The molecule has 0 saturated heterocycles. The highest BCUT2D eigenvalue weighted by Gasteiger charge is 2.06. The summed E-state index contributed by atoms with van der Waals surface area (Å²) in [5, 5.41) is 4.04. The second-order valence-electron chi connectivity index (χ2n) is 5.12. The van der Waals surface area contributed by atoms with Crippen molar-refractivity contribution in [3.8, 4) is 0 Å². The van der Waals surface area contributed by atoms with Crippen LogP contribution in [0.15, 0.2) is 60.8 Å². The number of amides is 1. The number of rotatable bonds is 5. The van der Waals surface area contributed by atoms with Crippen molar-refractivity contribution in [2.45, 2.75) is 12.8 Å². The number of H-pyrrole nitrogens is 1. The Balaban J connectivity index is 1.52. The number of aromatic nitrogens is 1. The predicted molar refractivity (Wildman–Crippen MR) is 85.4 cm³/mol. The van der Waals surface area contributed by atoms with Crippen LogP contribution in [-0.4, -0.2) is 17.4 Å². The Morgan fingerprint density at radius 3 is 2.76 bits per heavy atom. The topological polar surface area (TPSA) is 44.9 Å². The molecule has 0 fully saturated rings. The zero-order valence-electron chi connectivity index (χ0n) is 11.8. The number of carbonyl (C=O) groups is 1. The molecular formula is C18H18N2O. The molecule has 3 aromatic rings. The van der Waals surface area contributed by atoms with E-state index in [9.17, 15) is 4.79 Å². The van der Waals surface area contributed by atoms with E-state index in [0.29, 0.717) is 12.1 Å². The normalized spacial score (nSPS) is 10.7. The zero-order valence-corrected chi connectivity index (χ0v) is 11.8. The van der Waals surface area contributed by atoms with Gasteiger partial charge in [-0.25, -0.2) is 0 Å². The molecular weight excluding hydrogens is 260 g/mol. The van der Waals surface area contributed by atoms with Crippen LogP contribution in [0.1, 0.15) is 22.3 Å². The molecule has 0 bridgehead atoms. The molecule has 0 unspecified atom stereocenters. The number of aromatic amines is 1. The van der Waals surface area contributed by atoms with Gasteiger partial charge in [0.2, 0.25) is 0 Å². The van der Waals surface area contributed by atoms with Gasteiger partial charge in [-0.1, -0.05) is 30.3 Å². The van der Waals surface area contributed by atoms with E-state index in [4.69, 9.17) is 0 Å². The van der Waals surface area contributed by atoms with Crippen LogP contribution in [0.2, 0.25) is 0 Å². The summed E-state index contributed by atoms with van der Waals surface area (Å²) in [7, 11) is 0. The van der Waals surface area contributed by atoms with Gasteiger partial charge in [0.1, 0.15) is 0 Å². The van der Waals surface area contributed by atoms with Crippen LogP contribution in [0.5, 0.6) is 0 Å². The number of carbonyl (C=O) groups excluding carboxylic acids is 1. The van der Waals surface area contributed by atoms with Gasteiger partial charge in [0, 0.05) is 29.2 Å². The zero-order chi connectivity index (χ0) is 14.5. The molecule has 1 aromatic heterocycles. The summed E-state index contributed by atoms with van der Waals surface area (Å²) in [6, 6.07) is 18.0. The molecule has 0 radical (unpaired) electrons. The summed E-state index contributed by atoms with van der Waals surface area (Å²) >= 11 is 0. The van der Waals surface area contributed by atoms with Crippen molar-refractivity contribution in [1.29, 1.82) is 0 Å². The molecule has 3 heteroatoms. The Hall–Kier alpha value is -2.55. The molecule has 2 N–H and O–H groups in total. The van der Waals surface area contributed by atoms with Crippen LogP contribution in [0, 0.1) is 0 Å². The Morgan fingerprint density at radius 2 is 1.90 bits per heavy atom. The molecule has 1 amide bonds. The van der Waals surface area contributed by atoms with Gasteiger partial charge in [-0.3, -0.25) is 4.79 Å². The minimum atomic E-state index is -0.00818. The maximum absolute atomic E-state index is 12.1. The molecule has 0 saturated carbocycles. The fourth-order valence-corrected chi connectivity index (χ4v) is 2.44. The van der Waals surface area contributed by atoms with Crippen LogP contribution in [0.3, 0.4) is 0 Å². The van der Waals surface area contributed by atoms with Crippen LogP contribution < -0.4 is 5.32 Å². The van der Waals surface area contributed by atoms with E-state index in [2.05, 4.69) is 22.4 Å². The largest absolute Gasteiger partial charge is 0.361 e. The first kappa shape index (κ1) is 13.4. The average molecular weight is 278 g/mol. The molecule has 106 valence electrons. The van der Waals surface area contributed by atoms with Crippen molar-refractivity contribution in [3.63, 3.8) is 0 Å². The molecule has 0 atom stereocenters. The van der Waals surface area contributed by atoms with Gasteiger partial charge in [0.15, 0.2) is 0 Å². The number of nitrogens with one attached hydrogen (secondary N) is 2. The highest BCUT2D eigenvalue weighted by molar-refractivity contribution is 5.98. The van der Waals surface area contributed by atoms with E-state index in [0.717, 1.165) is 23.7 Å². The Bertz CT molecular complexity index is 731. The first-order chi connectivity index (χ1) is 10.3. The van der Waals surface area contributed by atoms with Gasteiger partial charge in [-0.05, 0) is 42.7 Å². The van der Waals surface area contributed by atoms with Crippen molar-refractivity contribution >= 4 is 16.8 Å². The maximum atomic E-state index is 12.1. The quantitative estimate of drug-likeness (QED) is 0.689. The molecule has 0 spiro atoms. The van der Waals surface area contributed by atoms with E-state index in [1.54, 1.807) is 0 Å². The van der Waals surface area contributed by atoms with E-state index in [1.165, 1.54) is 5.56 Å². The Labute approximate surface area is 124 Å². The maximum Gasteiger partial charge on any atom is 0.251 e. The minimum absolute atomic E-state index is 0.00818. The molecule has 3 rings (SSSR count). The Morgan fingerprint density at radius 1 is 1.05 bits per heavy atom. The van der Waals surface area contributed by atoms with Gasteiger partial charge in [-0.2, -0.15) is 0 Å². The third-order valence-electron chi connectivity index (χ3n) is 3.59. The third kappa shape index (κ3) is 3.31. The number of hydrogen-bond acceptors (Lipinski definition) is 1. The molecule has 2 aromatic carbocycles. The summed E-state index contributed by atoms with van der Waals surface area (Å²) < 4.78 is 0. The predicted octanol–water partition coefficient (Wildman–Crippen LogP) is 3.53.